The van der Waals surface area contributed by atoms with Gasteiger partial charge in [-0.3, -0.25) is 0 Å². The summed E-state index contributed by atoms with van der Waals surface area (Å²) in [5.74, 6) is -0.0549. The molecule has 106 valence electrons. The van der Waals surface area contributed by atoms with Crippen LogP contribution >= 0.6 is 0 Å². The maximum atomic E-state index is 12.4. The molecule has 0 aromatic heterocycles. The van der Waals surface area contributed by atoms with E-state index in [1.165, 1.54) is 0 Å². The fourth-order valence-corrected chi connectivity index (χ4v) is 2.41. The molecule has 0 fully saturated rings. The highest BCUT2D eigenvalue weighted by molar-refractivity contribution is 5.45. The third kappa shape index (κ3) is 3.41. The molecule has 0 spiro atoms. The van der Waals surface area contributed by atoms with Crippen LogP contribution in [0, 0.1) is 0 Å². The average molecular weight is 273 g/mol. The second kappa shape index (κ2) is 5.04. The third-order valence-electron chi connectivity index (χ3n) is 3.38. The van der Waals surface area contributed by atoms with Gasteiger partial charge in [0.1, 0.15) is 5.75 Å². The second-order valence-electron chi connectivity index (χ2n) is 5.35. The fourth-order valence-electron chi connectivity index (χ4n) is 2.41. The Morgan fingerprint density at radius 3 is 2.47 bits per heavy atom. The van der Waals surface area contributed by atoms with Crippen LogP contribution in [0.4, 0.5) is 13.2 Å². The molecule has 0 saturated carbocycles. The maximum Gasteiger partial charge on any atom is 0.573 e. The van der Waals surface area contributed by atoms with Crippen LogP contribution in [0.15, 0.2) is 12.1 Å². The Labute approximate surface area is 111 Å². The van der Waals surface area contributed by atoms with Gasteiger partial charge in [-0.05, 0) is 42.1 Å². The van der Waals surface area contributed by atoms with Gasteiger partial charge in [0.05, 0.1) is 0 Å². The molecule has 0 unspecified atom stereocenters. The molecule has 1 aliphatic rings. The van der Waals surface area contributed by atoms with Crippen LogP contribution in [0.2, 0.25) is 0 Å². The lowest BCUT2D eigenvalue weighted by Gasteiger charge is -2.27. The van der Waals surface area contributed by atoms with Crippen molar-refractivity contribution in [1.29, 1.82) is 0 Å². The minimum absolute atomic E-state index is 0.00474. The van der Waals surface area contributed by atoms with Gasteiger partial charge in [0.15, 0.2) is 0 Å². The van der Waals surface area contributed by atoms with Crippen LogP contribution in [0.25, 0.3) is 0 Å². The Morgan fingerprint density at radius 2 is 1.89 bits per heavy atom. The van der Waals surface area contributed by atoms with E-state index in [-0.39, 0.29) is 11.7 Å². The van der Waals surface area contributed by atoms with Crippen molar-refractivity contribution >= 4 is 0 Å². The molecule has 19 heavy (non-hydrogen) atoms. The van der Waals surface area contributed by atoms with E-state index in [2.05, 4.69) is 9.64 Å². The van der Waals surface area contributed by atoms with Crippen molar-refractivity contribution in [2.75, 3.05) is 13.6 Å². The van der Waals surface area contributed by atoms with E-state index in [1.54, 1.807) is 6.07 Å². The van der Waals surface area contributed by atoms with E-state index in [9.17, 15) is 13.2 Å². The number of rotatable bonds is 2. The molecule has 1 heterocycles. The van der Waals surface area contributed by atoms with Gasteiger partial charge in [0.25, 0.3) is 0 Å². The minimum atomic E-state index is -4.64. The first-order valence-corrected chi connectivity index (χ1v) is 6.36. The second-order valence-corrected chi connectivity index (χ2v) is 5.35. The minimum Gasteiger partial charge on any atom is -0.405 e. The summed E-state index contributed by atoms with van der Waals surface area (Å²) in [5.41, 5.74) is 2.68. The Balaban J connectivity index is 2.42. The lowest BCUT2D eigenvalue weighted by atomic mass is 9.92. The molecule has 0 bridgehead atoms. The van der Waals surface area contributed by atoms with Gasteiger partial charge in [0.2, 0.25) is 0 Å². The van der Waals surface area contributed by atoms with Crippen LogP contribution in [0.1, 0.15) is 36.5 Å². The van der Waals surface area contributed by atoms with Crippen molar-refractivity contribution in [3.05, 3.63) is 28.8 Å². The Kier molecular flexibility index (Phi) is 3.76. The van der Waals surface area contributed by atoms with Crippen molar-refractivity contribution in [2.24, 2.45) is 0 Å². The average Bonchev–Trinajstić information content (AvgIpc) is 2.26. The van der Waals surface area contributed by atoms with E-state index in [0.29, 0.717) is 5.56 Å². The molecule has 0 radical (unpaired) electrons. The normalized spacial score (nSPS) is 16.6. The van der Waals surface area contributed by atoms with Crippen molar-refractivity contribution in [3.8, 4) is 5.75 Å². The topological polar surface area (TPSA) is 12.5 Å². The summed E-state index contributed by atoms with van der Waals surface area (Å²) in [7, 11) is 2.01. The standard InChI is InChI=1S/C14H18F3NO/c1-9(2)12-6-11-8-18(3)5-4-10(11)7-13(12)19-14(15,16)17/h6-7,9H,4-5,8H2,1-3H3. The van der Waals surface area contributed by atoms with Crippen LogP contribution in [-0.2, 0) is 13.0 Å². The zero-order chi connectivity index (χ0) is 14.2. The highest BCUT2D eigenvalue weighted by Gasteiger charge is 2.33. The highest BCUT2D eigenvalue weighted by Crippen LogP contribution is 2.35. The van der Waals surface area contributed by atoms with Gasteiger partial charge in [-0.25, -0.2) is 0 Å². The molecule has 0 atom stereocenters. The first kappa shape index (κ1) is 14.2. The van der Waals surface area contributed by atoms with Crippen LogP contribution in [0.5, 0.6) is 5.75 Å². The number of alkyl halides is 3. The number of hydrogen-bond donors (Lipinski definition) is 0. The molecule has 2 nitrogen and oxygen atoms in total. The summed E-state index contributed by atoms with van der Waals surface area (Å²) in [6.07, 6.45) is -3.87. The van der Waals surface area contributed by atoms with Crippen LogP contribution < -0.4 is 4.74 Å². The molecule has 1 aromatic rings. The summed E-state index contributed by atoms with van der Waals surface area (Å²) < 4.78 is 41.5. The Morgan fingerprint density at radius 1 is 1.21 bits per heavy atom. The Bertz CT molecular complexity index is 468. The molecule has 5 heteroatoms. The number of hydrogen-bond acceptors (Lipinski definition) is 2. The molecule has 0 N–H and O–H groups in total. The van der Waals surface area contributed by atoms with Gasteiger partial charge in [-0.2, -0.15) is 0 Å². The van der Waals surface area contributed by atoms with E-state index in [4.69, 9.17) is 0 Å². The highest BCUT2D eigenvalue weighted by atomic mass is 19.4. The third-order valence-corrected chi connectivity index (χ3v) is 3.38. The van der Waals surface area contributed by atoms with E-state index < -0.39 is 6.36 Å². The summed E-state index contributed by atoms with van der Waals surface area (Å²) in [6.45, 7) is 5.38. The molecule has 0 aliphatic carbocycles. The van der Waals surface area contributed by atoms with Gasteiger partial charge >= 0.3 is 6.36 Å². The maximum absolute atomic E-state index is 12.4. The number of nitrogens with zero attached hydrogens (tertiary/aromatic N) is 1. The van der Waals surface area contributed by atoms with Gasteiger partial charge in [-0.1, -0.05) is 19.9 Å². The molecule has 1 aliphatic heterocycles. The summed E-state index contributed by atoms with van der Waals surface area (Å²) in [4.78, 5) is 2.16. The SMILES string of the molecule is CC(C)c1cc2c(cc1OC(F)(F)F)CCN(C)C2. The first-order chi connectivity index (χ1) is 8.76. The van der Waals surface area contributed by atoms with Crippen molar-refractivity contribution < 1.29 is 17.9 Å². The lowest BCUT2D eigenvalue weighted by Crippen LogP contribution is -2.27. The van der Waals surface area contributed by atoms with Crippen molar-refractivity contribution in [2.45, 2.75) is 39.1 Å². The van der Waals surface area contributed by atoms with Gasteiger partial charge < -0.3 is 9.64 Å². The molecular weight excluding hydrogens is 255 g/mol. The van der Waals surface area contributed by atoms with Crippen molar-refractivity contribution in [1.82, 2.24) is 4.90 Å². The number of benzene rings is 1. The van der Waals surface area contributed by atoms with Crippen LogP contribution in [-0.4, -0.2) is 24.9 Å². The van der Waals surface area contributed by atoms with Crippen molar-refractivity contribution in [3.63, 3.8) is 0 Å². The molecule has 1 aromatic carbocycles. The fraction of sp³-hybridized carbons (Fsp3) is 0.571. The monoisotopic (exact) mass is 273 g/mol. The lowest BCUT2D eigenvalue weighted by molar-refractivity contribution is -0.275. The van der Waals surface area contributed by atoms with E-state index in [0.717, 1.165) is 30.6 Å². The predicted molar refractivity (Wildman–Crippen MR) is 67.3 cm³/mol. The smallest absolute Gasteiger partial charge is 0.405 e. The number of ether oxygens (including phenoxy) is 1. The zero-order valence-electron chi connectivity index (χ0n) is 11.3. The molecule has 0 amide bonds. The quantitative estimate of drug-likeness (QED) is 0.814. The zero-order valence-corrected chi connectivity index (χ0v) is 11.3. The summed E-state index contributed by atoms with van der Waals surface area (Å²) in [5, 5.41) is 0. The summed E-state index contributed by atoms with van der Waals surface area (Å²) >= 11 is 0. The van der Waals surface area contributed by atoms with E-state index in [1.807, 2.05) is 27.0 Å². The molecule has 2 rings (SSSR count). The van der Waals surface area contributed by atoms with Crippen LogP contribution in [0.3, 0.4) is 0 Å². The largest absolute Gasteiger partial charge is 0.573 e. The Hall–Kier alpha value is -1.23. The predicted octanol–water partition coefficient (Wildman–Crippen LogP) is 3.70. The molecule has 0 saturated heterocycles. The number of likely N-dealkylation sites (N-methyl/N-ethyl adjacent to an activating group) is 1. The molecular formula is C14H18F3NO. The summed E-state index contributed by atoms with van der Waals surface area (Å²) in [6, 6.07) is 3.42. The number of halogens is 3. The van der Waals surface area contributed by atoms with E-state index >= 15 is 0 Å². The van der Waals surface area contributed by atoms with Gasteiger partial charge in [-0.15, -0.1) is 13.2 Å². The van der Waals surface area contributed by atoms with Gasteiger partial charge in [0, 0.05) is 13.1 Å². The number of fused-ring (bicyclic) bond motifs is 1. The first-order valence-electron chi connectivity index (χ1n) is 6.36.